The monoisotopic (exact) mass is 282 g/mol. The summed E-state index contributed by atoms with van der Waals surface area (Å²) < 4.78 is 34.2. The lowest BCUT2D eigenvalue weighted by Crippen LogP contribution is -2.43. The fourth-order valence-electron chi connectivity index (χ4n) is 3.21. The zero-order valence-corrected chi connectivity index (χ0v) is 11.6. The third-order valence-electron chi connectivity index (χ3n) is 3.99. The highest BCUT2D eigenvalue weighted by molar-refractivity contribution is 5.51. The number of fused-ring (bicyclic) bond motifs is 2. The van der Waals surface area contributed by atoms with E-state index in [1.807, 2.05) is 6.92 Å². The first-order valence-electron chi connectivity index (χ1n) is 7.17. The molecule has 0 spiro atoms. The van der Waals surface area contributed by atoms with E-state index >= 15 is 0 Å². The fraction of sp³-hybridized carbons (Fsp3) is 0.600. The quantitative estimate of drug-likeness (QED) is 0.924. The van der Waals surface area contributed by atoms with Crippen molar-refractivity contribution in [2.24, 2.45) is 5.73 Å². The first-order valence-corrected chi connectivity index (χ1v) is 7.17. The van der Waals surface area contributed by atoms with Crippen LogP contribution in [0.4, 0.5) is 14.5 Å². The second kappa shape index (κ2) is 5.30. The molecule has 1 aromatic rings. The molecule has 3 atom stereocenters. The van der Waals surface area contributed by atoms with E-state index in [1.165, 1.54) is 12.1 Å². The van der Waals surface area contributed by atoms with Gasteiger partial charge in [-0.05, 0) is 43.9 Å². The zero-order chi connectivity index (χ0) is 14.3. The van der Waals surface area contributed by atoms with Gasteiger partial charge in [-0.1, -0.05) is 0 Å². The second-order valence-corrected chi connectivity index (χ2v) is 5.95. The highest BCUT2D eigenvalue weighted by Gasteiger charge is 2.35. The molecule has 3 unspecified atom stereocenters. The van der Waals surface area contributed by atoms with Crippen LogP contribution in [-0.4, -0.2) is 31.3 Å². The molecule has 2 aliphatic heterocycles. The Kier molecular flexibility index (Phi) is 3.65. The van der Waals surface area contributed by atoms with Crippen LogP contribution >= 0.6 is 0 Å². The van der Waals surface area contributed by atoms with Crippen LogP contribution in [0.1, 0.15) is 25.3 Å². The molecule has 1 aromatic carbocycles. The van der Waals surface area contributed by atoms with Crippen molar-refractivity contribution in [3.05, 3.63) is 29.3 Å². The van der Waals surface area contributed by atoms with Gasteiger partial charge in [-0.3, -0.25) is 0 Å². The predicted molar refractivity (Wildman–Crippen MR) is 73.8 cm³/mol. The minimum absolute atomic E-state index is 0.0821. The van der Waals surface area contributed by atoms with Gasteiger partial charge in [0.1, 0.15) is 17.3 Å². The van der Waals surface area contributed by atoms with Crippen molar-refractivity contribution in [1.29, 1.82) is 0 Å². The molecular formula is C15H20F2N2O. The number of anilines is 1. The van der Waals surface area contributed by atoms with Gasteiger partial charge >= 0.3 is 0 Å². The van der Waals surface area contributed by atoms with E-state index < -0.39 is 11.6 Å². The third kappa shape index (κ3) is 2.65. The number of rotatable bonds is 3. The Morgan fingerprint density at radius 1 is 1.25 bits per heavy atom. The fourth-order valence-corrected chi connectivity index (χ4v) is 3.21. The third-order valence-corrected chi connectivity index (χ3v) is 3.99. The number of nitrogens with zero attached hydrogens (tertiary/aromatic N) is 1. The molecule has 3 rings (SSSR count). The molecule has 2 N–H and O–H groups in total. The van der Waals surface area contributed by atoms with E-state index in [2.05, 4.69) is 0 Å². The number of hydrogen-bond acceptors (Lipinski definition) is 3. The summed E-state index contributed by atoms with van der Waals surface area (Å²) >= 11 is 0. The average Bonchev–Trinajstić information content (AvgIpc) is 2.66. The molecule has 2 saturated heterocycles. The van der Waals surface area contributed by atoms with Crippen molar-refractivity contribution >= 4 is 5.69 Å². The van der Waals surface area contributed by atoms with Crippen LogP contribution in [0.3, 0.4) is 0 Å². The number of hydrogen-bond donors (Lipinski definition) is 1. The molecule has 0 aliphatic carbocycles. The van der Waals surface area contributed by atoms with Crippen molar-refractivity contribution < 1.29 is 13.5 Å². The van der Waals surface area contributed by atoms with E-state index in [0.717, 1.165) is 12.8 Å². The van der Waals surface area contributed by atoms with Crippen molar-refractivity contribution in [1.82, 2.24) is 0 Å². The maximum atomic E-state index is 14.3. The van der Waals surface area contributed by atoms with Gasteiger partial charge in [-0.2, -0.15) is 0 Å². The molecule has 2 bridgehead atoms. The number of ether oxygens (including phenoxy) is 1. The van der Waals surface area contributed by atoms with Gasteiger partial charge in [-0.15, -0.1) is 0 Å². The van der Waals surface area contributed by atoms with Crippen LogP contribution in [0.15, 0.2) is 12.1 Å². The molecule has 2 aliphatic rings. The summed E-state index contributed by atoms with van der Waals surface area (Å²) in [6, 6.07) is 2.69. The normalized spacial score (nSPS) is 26.9. The number of morpholine rings is 1. The lowest BCUT2D eigenvalue weighted by atomic mass is 10.1. The molecule has 110 valence electrons. The summed E-state index contributed by atoms with van der Waals surface area (Å²) in [5, 5.41) is 0. The van der Waals surface area contributed by atoms with E-state index in [1.54, 1.807) is 4.90 Å². The van der Waals surface area contributed by atoms with Gasteiger partial charge in [0.2, 0.25) is 0 Å². The van der Waals surface area contributed by atoms with Gasteiger partial charge in [0.25, 0.3) is 0 Å². The van der Waals surface area contributed by atoms with E-state index in [-0.39, 0.29) is 23.9 Å². The Balaban J connectivity index is 1.86. The van der Waals surface area contributed by atoms with Crippen LogP contribution < -0.4 is 10.6 Å². The molecule has 20 heavy (non-hydrogen) atoms. The standard InChI is InChI=1S/C15H20F2N2O/c1-9(18)4-10-5-13(16)15(14(17)6-10)19-7-11-2-3-12(8-19)20-11/h5-6,9,11-12H,2-4,7-8,18H2,1H3. The minimum atomic E-state index is -0.498. The SMILES string of the molecule is CC(N)Cc1cc(F)c(N2CC3CCC(C2)O3)c(F)c1. The molecule has 0 saturated carbocycles. The van der Waals surface area contributed by atoms with Crippen LogP contribution in [0.5, 0.6) is 0 Å². The molecule has 0 radical (unpaired) electrons. The van der Waals surface area contributed by atoms with Crippen molar-refractivity contribution in [3.63, 3.8) is 0 Å². The van der Waals surface area contributed by atoms with Gasteiger partial charge in [0, 0.05) is 19.1 Å². The van der Waals surface area contributed by atoms with E-state index in [4.69, 9.17) is 10.5 Å². The lowest BCUT2D eigenvalue weighted by molar-refractivity contribution is 0.0300. The van der Waals surface area contributed by atoms with Gasteiger partial charge in [0.15, 0.2) is 0 Å². The summed E-state index contributed by atoms with van der Waals surface area (Å²) in [5.41, 5.74) is 6.37. The van der Waals surface area contributed by atoms with Crippen LogP contribution in [0, 0.1) is 11.6 Å². The largest absolute Gasteiger partial charge is 0.371 e. The molecule has 3 nitrogen and oxygen atoms in total. The highest BCUT2D eigenvalue weighted by Crippen LogP contribution is 2.33. The van der Waals surface area contributed by atoms with Crippen LogP contribution in [-0.2, 0) is 11.2 Å². The number of halogens is 2. The predicted octanol–water partition coefficient (Wildman–Crippen LogP) is 2.22. The molecule has 5 heteroatoms. The highest BCUT2D eigenvalue weighted by atomic mass is 19.1. The maximum Gasteiger partial charge on any atom is 0.149 e. The van der Waals surface area contributed by atoms with Crippen LogP contribution in [0.2, 0.25) is 0 Å². The molecular weight excluding hydrogens is 262 g/mol. The summed E-state index contributed by atoms with van der Waals surface area (Å²) in [6.07, 6.45) is 2.65. The van der Waals surface area contributed by atoms with E-state index in [9.17, 15) is 8.78 Å². The summed E-state index contributed by atoms with van der Waals surface area (Å²) in [7, 11) is 0. The topological polar surface area (TPSA) is 38.5 Å². The summed E-state index contributed by atoms with van der Waals surface area (Å²) in [6.45, 7) is 2.96. The molecule has 0 amide bonds. The minimum Gasteiger partial charge on any atom is -0.371 e. The van der Waals surface area contributed by atoms with E-state index in [0.29, 0.717) is 25.1 Å². The van der Waals surface area contributed by atoms with Crippen molar-refractivity contribution in [2.45, 2.75) is 44.4 Å². The Morgan fingerprint density at radius 3 is 2.30 bits per heavy atom. The van der Waals surface area contributed by atoms with Crippen LogP contribution in [0.25, 0.3) is 0 Å². The summed E-state index contributed by atoms with van der Waals surface area (Å²) in [4.78, 5) is 1.78. The van der Waals surface area contributed by atoms with Gasteiger partial charge in [-0.25, -0.2) is 8.78 Å². The smallest absolute Gasteiger partial charge is 0.149 e. The Morgan fingerprint density at radius 2 is 1.80 bits per heavy atom. The van der Waals surface area contributed by atoms with Crippen molar-refractivity contribution in [3.8, 4) is 0 Å². The lowest BCUT2D eigenvalue weighted by Gasteiger charge is -2.34. The van der Waals surface area contributed by atoms with Gasteiger partial charge in [0.05, 0.1) is 12.2 Å². The molecule has 0 aromatic heterocycles. The average molecular weight is 282 g/mol. The second-order valence-electron chi connectivity index (χ2n) is 5.95. The molecule has 2 heterocycles. The summed E-state index contributed by atoms with van der Waals surface area (Å²) in [5.74, 6) is -0.996. The van der Waals surface area contributed by atoms with Crippen molar-refractivity contribution in [2.75, 3.05) is 18.0 Å². The Hall–Kier alpha value is -1.20. The Bertz CT molecular complexity index is 472. The van der Waals surface area contributed by atoms with Gasteiger partial charge < -0.3 is 15.4 Å². The first-order chi connectivity index (χ1) is 9.52. The maximum absolute atomic E-state index is 14.3. The number of nitrogens with two attached hydrogens (primary N) is 1. The molecule has 2 fully saturated rings. The zero-order valence-electron chi connectivity index (χ0n) is 11.6. The first kappa shape index (κ1) is 13.8. The number of benzene rings is 1. The Labute approximate surface area is 117 Å².